The zero-order valence-electron chi connectivity index (χ0n) is 13.0. The van der Waals surface area contributed by atoms with Gasteiger partial charge in [-0.15, -0.1) is 0 Å². The quantitative estimate of drug-likeness (QED) is 0.877. The van der Waals surface area contributed by atoms with Crippen LogP contribution in [0.25, 0.3) is 0 Å². The molecule has 1 heterocycles. The lowest BCUT2D eigenvalue weighted by Gasteiger charge is -2.33. The van der Waals surface area contributed by atoms with Gasteiger partial charge in [-0.05, 0) is 50.3 Å². The highest BCUT2D eigenvalue weighted by Gasteiger charge is 2.31. The number of likely N-dealkylation sites (tertiary alicyclic amines) is 1. The van der Waals surface area contributed by atoms with Gasteiger partial charge in [0.2, 0.25) is 5.91 Å². The number of carbonyl (C=O) groups excluding carboxylic acids is 1. The van der Waals surface area contributed by atoms with Gasteiger partial charge in [0.25, 0.3) is 0 Å². The molecule has 1 fully saturated rings. The van der Waals surface area contributed by atoms with Crippen LogP contribution in [0.1, 0.15) is 38.2 Å². The Morgan fingerprint density at radius 1 is 1.27 bits per heavy atom. The van der Waals surface area contributed by atoms with E-state index in [1.165, 1.54) is 4.90 Å². The molecule has 1 saturated heterocycles. The predicted molar refractivity (Wildman–Crippen MR) is 82.9 cm³/mol. The van der Waals surface area contributed by atoms with Gasteiger partial charge in [0, 0.05) is 13.0 Å². The minimum absolute atomic E-state index is 0.0685. The second-order valence-corrected chi connectivity index (χ2v) is 5.51. The van der Waals surface area contributed by atoms with Gasteiger partial charge in [-0.2, -0.15) is 0 Å². The Hall–Kier alpha value is -2.04. The Labute approximate surface area is 130 Å². The summed E-state index contributed by atoms with van der Waals surface area (Å²) in [4.78, 5) is 25.1. The summed E-state index contributed by atoms with van der Waals surface area (Å²) in [5.41, 5.74) is 1.06. The molecule has 2 rings (SSSR count). The molecule has 5 nitrogen and oxygen atoms in total. The summed E-state index contributed by atoms with van der Waals surface area (Å²) in [6, 6.07) is 7.03. The first-order valence-electron chi connectivity index (χ1n) is 7.86. The van der Waals surface area contributed by atoms with E-state index in [2.05, 4.69) is 0 Å². The van der Waals surface area contributed by atoms with E-state index in [0.29, 0.717) is 32.4 Å². The number of nitrogens with zero attached hydrogens (tertiary/aromatic N) is 1. The lowest BCUT2D eigenvalue weighted by Crippen LogP contribution is -2.48. The molecule has 1 aromatic carbocycles. The topological polar surface area (TPSA) is 66.8 Å². The minimum Gasteiger partial charge on any atom is -0.494 e. The summed E-state index contributed by atoms with van der Waals surface area (Å²) in [6.45, 7) is 3.12. The SMILES string of the molecule is CCOc1ccc(CCC(=O)N2CCCCC2C(=O)O)cc1. The number of aliphatic carboxylic acids is 1. The first-order chi connectivity index (χ1) is 10.6. The fraction of sp³-hybridized carbons (Fsp3) is 0.529. The molecule has 1 amide bonds. The van der Waals surface area contributed by atoms with Crippen molar-refractivity contribution in [2.24, 2.45) is 0 Å². The molecule has 5 heteroatoms. The van der Waals surface area contributed by atoms with Crippen LogP contribution in [0.4, 0.5) is 0 Å². The second-order valence-electron chi connectivity index (χ2n) is 5.51. The molecule has 1 aliphatic rings. The maximum absolute atomic E-state index is 12.3. The van der Waals surface area contributed by atoms with Gasteiger partial charge < -0.3 is 14.7 Å². The summed E-state index contributed by atoms with van der Waals surface area (Å²) < 4.78 is 5.38. The van der Waals surface area contributed by atoms with E-state index in [1.54, 1.807) is 0 Å². The van der Waals surface area contributed by atoms with Crippen LogP contribution >= 0.6 is 0 Å². The molecule has 0 saturated carbocycles. The molecule has 0 radical (unpaired) electrons. The third-order valence-electron chi connectivity index (χ3n) is 3.97. The maximum atomic E-state index is 12.3. The van der Waals surface area contributed by atoms with E-state index < -0.39 is 12.0 Å². The Bertz CT molecular complexity index is 512. The molecule has 1 N–H and O–H groups in total. The number of benzene rings is 1. The number of hydrogen-bond donors (Lipinski definition) is 1. The second kappa shape index (κ2) is 7.82. The largest absolute Gasteiger partial charge is 0.494 e. The van der Waals surface area contributed by atoms with Gasteiger partial charge in [0.05, 0.1) is 6.61 Å². The van der Waals surface area contributed by atoms with Gasteiger partial charge >= 0.3 is 5.97 Å². The number of hydrogen-bond acceptors (Lipinski definition) is 3. The third kappa shape index (κ3) is 4.23. The van der Waals surface area contributed by atoms with Gasteiger partial charge in [-0.3, -0.25) is 4.79 Å². The lowest BCUT2D eigenvalue weighted by atomic mass is 10.0. The number of aryl methyl sites for hydroxylation is 1. The van der Waals surface area contributed by atoms with E-state index in [-0.39, 0.29) is 5.91 Å². The molecule has 0 spiro atoms. The first-order valence-corrected chi connectivity index (χ1v) is 7.86. The van der Waals surface area contributed by atoms with Crippen LogP contribution in [0.5, 0.6) is 5.75 Å². The van der Waals surface area contributed by atoms with Crippen LogP contribution in [0.3, 0.4) is 0 Å². The summed E-state index contributed by atoms with van der Waals surface area (Å²) in [6.07, 6.45) is 3.29. The molecule has 0 aliphatic carbocycles. The molecular formula is C17H23NO4. The molecule has 0 aromatic heterocycles. The van der Waals surface area contributed by atoms with Crippen LogP contribution < -0.4 is 4.74 Å². The summed E-state index contributed by atoms with van der Waals surface area (Å²) in [5, 5.41) is 9.22. The van der Waals surface area contributed by atoms with Crippen molar-refractivity contribution in [2.45, 2.75) is 45.1 Å². The van der Waals surface area contributed by atoms with Crippen LogP contribution in [-0.2, 0) is 16.0 Å². The van der Waals surface area contributed by atoms with Crippen LogP contribution in [0.15, 0.2) is 24.3 Å². The van der Waals surface area contributed by atoms with Crippen LogP contribution in [-0.4, -0.2) is 41.1 Å². The predicted octanol–water partition coefficient (Wildman–Crippen LogP) is 2.48. The van der Waals surface area contributed by atoms with Crippen molar-refractivity contribution < 1.29 is 19.4 Å². The van der Waals surface area contributed by atoms with Gasteiger partial charge in [0.15, 0.2) is 0 Å². The van der Waals surface area contributed by atoms with E-state index in [9.17, 15) is 14.7 Å². The van der Waals surface area contributed by atoms with Crippen molar-refractivity contribution in [3.8, 4) is 5.75 Å². The first kappa shape index (κ1) is 16.3. The summed E-state index contributed by atoms with van der Waals surface area (Å²) in [7, 11) is 0. The fourth-order valence-corrected chi connectivity index (χ4v) is 2.80. The number of carboxylic acid groups (broad SMARTS) is 1. The standard InChI is InChI=1S/C17H23NO4/c1-2-22-14-9-6-13(7-10-14)8-11-16(19)18-12-4-3-5-15(18)17(20)21/h6-7,9-10,15H,2-5,8,11-12H2,1H3,(H,20,21). The van der Waals surface area contributed by atoms with Crippen LogP contribution in [0, 0.1) is 0 Å². The Balaban J connectivity index is 1.89. The summed E-state index contributed by atoms with van der Waals surface area (Å²) in [5.74, 6) is -0.144. The van der Waals surface area contributed by atoms with Crippen molar-refractivity contribution in [1.82, 2.24) is 4.90 Å². The van der Waals surface area contributed by atoms with Crippen molar-refractivity contribution in [3.05, 3.63) is 29.8 Å². The van der Waals surface area contributed by atoms with E-state index >= 15 is 0 Å². The average Bonchev–Trinajstić information content (AvgIpc) is 2.54. The Morgan fingerprint density at radius 3 is 2.64 bits per heavy atom. The number of amides is 1. The summed E-state index contributed by atoms with van der Waals surface area (Å²) >= 11 is 0. The number of ether oxygens (including phenoxy) is 1. The van der Waals surface area contributed by atoms with E-state index in [4.69, 9.17) is 4.74 Å². The molecule has 22 heavy (non-hydrogen) atoms. The van der Waals surface area contributed by atoms with Crippen LogP contribution in [0.2, 0.25) is 0 Å². The highest BCUT2D eigenvalue weighted by atomic mass is 16.5. The Morgan fingerprint density at radius 2 is 2.00 bits per heavy atom. The molecule has 1 atom stereocenters. The molecule has 1 unspecified atom stereocenters. The average molecular weight is 305 g/mol. The number of carbonyl (C=O) groups is 2. The number of rotatable bonds is 6. The fourth-order valence-electron chi connectivity index (χ4n) is 2.80. The van der Waals surface area contributed by atoms with E-state index in [0.717, 1.165) is 24.2 Å². The zero-order chi connectivity index (χ0) is 15.9. The molecule has 0 bridgehead atoms. The molecule has 120 valence electrons. The monoisotopic (exact) mass is 305 g/mol. The van der Waals surface area contributed by atoms with Crippen molar-refractivity contribution in [3.63, 3.8) is 0 Å². The highest BCUT2D eigenvalue weighted by Crippen LogP contribution is 2.19. The van der Waals surface area contributed by atoms with Crippen molar-refractivity contribution >= 4 is 11.9 Å². The number of piperidine rings is 1. The molecular weight excluding hydrogens is 282 g/mol. The highest BCUT2D eigenvalue weighted by molar-refractivity contribution is 5.84. The molecule has 1 aliphatic heterocycles. The van der Waals surface area contributed by atoms with E-state index in [1.807, 2.05) is 31.2 Å². The van der Waals surface area contributed by atoms with Gasteiger partial charge in [0.1, 0.15) is 11.8 Å². The van der Waals surface area contributed by atoms with Crippen molar-refractivity contribution in [1.29, 1.82) is 0 Å². The third-order valence-corrected chi connectivity index (χ3v) is 3.97. The normalized spacial score (nSPS) is 18.0. The minimum atomic E-state index is -0.894. The smallest absolute Gasteiger partial charge is 0.326 e. The zero-order valence-corrected chi connectivity index (χ0v) is 13.0. The number of carboxylic acids is 1. The van der Waals surface area contributed by atoms with Gasteiger partial charge in [-0.25, -0.2) is 4.79 Å². The maximum Gasteiger partial charge on any atom is 0.326 e. The Kier molecular flexibility index (Phi) is 5.81. The molecule has 1 aromatic rings. The lowest BCUT2D eigenvalue weighted by molar-refractivity contribution is -0.152. The van der Waals surface area contributed by atoms with Crippen molar-refractivity contribution in [2.75, 3.05) is 13.2 Å². The van der Waals surface area contributed by atoms with Gasteiger partial charge in [-0.1, -0.05) is 12.1 Å².